The Morgan fingerprint density at radius 2 is 2.05 bits per heavy atom. The molecule has 0 aliphatic rings. The molecule has 0 saturated carbocycles. The minimum absolute atomic E-state index is 0.000273. The standard InChI is InChI=1S/C16H25NO3/c1-11(2)15-6-5-14(9-12(15)3)20-10-16(19)17-8-7-13(4)18/h5-6,9,11,13,18H,7-8,10H2,1-4H3,(H,17,19). The van der Waals surface area contributed by atoms with Crippen molar-refractivity contribution in [2.24, 2.45) is 0 Å². The zero-order chi connectivity index (χ0) is 15.1. The van der Waals surface area contributed by atoms with Gasteiger partial charge in [0.2, 0.25) is 0 Å². The van der Waals surface area contributed by atoms with Gasteiger partial charge >= 0.3 is 0 Å². The normalized spacial score (nSPS) is 12.3. The molecule has 1 atom stereocenters. The molecule has 0 radical (unpaired) electrons. The van der Waals surface area contributed by atoms with Gasteiger partial charge in [-0.3, -0.25) is 4.79 Å². The third kappa shape index (κ3) is 5.61. The van der Waals surface area contributed by atoms with Crippen LogP contribution in [0.15, 0.2) is 18.2 Å². The molecule has 0 bridgehead atoms. The van der Waals surface area contributed by atoms with Crippen LogP contribution in [-0.2, 0) is 4.79 Å². The van der Waals surface area contributed by atoms with Gasteiger partial charge in [-0.05, 0) is 49.4 Å². The van der Waals surface area contributed by atoms with Crippen LogP contribution < -0.4 is 10.1 Å². The van der Waals surface area contributed by atoms with E-state index in [0.717, 1.165) is 0 Å². The molecule has 0 aliphatic heterocycles. The van der Waals surface area contributed by atoms with E-state index in [1.807, 2.05) is 25.1 Å². The monoisotopic (exact) mass is 279 g/mol. The molecule has 0 fully saturated rings. The molecule has 0 saturated heterocycles. The molecule has 1 amide bonds. The van der Waals surface area contributed by atoms with Crippen molar-refractivity contribution in [3.8, 4) is 5.75 Å². The molecule has 1 aromatic carbocycles. The van der Waals surface area contributed by atoms with Crippen molar-refractivity contribution in [1.82, 2.24) is 5.32 Å². The molecule has 20 heavy (non-hydrogen) atoms. The second-order valence-electron chi connectivity index (χ2n) is 5.45. The van der Waals surface area contributed by atoms with Gasteiger partial charge in [0.1, 0.15) is 5.75 Å². The predicted molar refractivity (Wildman–Crippen MR) is 80.1 cm³/mol. The van der Waals surface area contributed by atoms with E-state index < -0.39 is 6.10 Å². The number of rotatable bonds is 7. The van der Waals surface area contributed by atoms with Gasteiger partial charge in [0.25, 0.3) is 5.91 Å². The minimum Gasteiger partial charge on any atom is -0.484 e. The number of nitrogens with one attached hydrogen (secondary N) is 1. The molecule has 0 spiro atoms. The highest BCUT2D eigenvalue weighted by atomic mass is 16.5. The summed E-state index contributed by atoms with van der Waals surface area (Å²) < 4.78 is 5.47. The van der Waals surface area contributed by atoms with Crippen LogP contribution >= 0.6 is 0 Å². The van der Waals surface area contributed by atoms with Crippen LogP contribution in [-0.4, -0.2) is 30.3 Å². The molecule has 2 N–H and O–H groups in total. The van der Waals surface area contributed by atoms with E-state index in [1.54, 1.807) is 6.92 Å². The number of aliphatic hydroxyl groups is 1. The largest absolute Gasteiger partial charge is 0.484 e. The van der Waals surface area contributed by atoms with Crippen LogP contribution in [0, 0.1) is 6.92 Å². The molecule has 4 heteroatoms. The van der Waals surface area contributed by atoms with Crippen molar-refractivity contribution in [1.29, 1.82) is 0 Å². The summed E-state index contributed by atoms with van der Waals surface area (Å²) >= 11 is 0. The first-order valence-electron chi connectivity index (χ1n) is 7.08. The quantitative estimate of drug-likeness (QED) is 0.805. The van der Waals surface area contributed by atoms with Crippen LogP contribution in [0.25, 0.3) is 0 Å². The Labute approximate surface area is 121 Å². The first kappa shape index (κ1) is 16.5. The zero-order valence-corrected chi connectivity index (χ0v) is 12.8. The molecule has 0 aromatic heterocycles. The second-order valence-corrected chi connectivity index (χ2v) is 5.45. The lowest BCUT2D eigenvalue weighted by molar-refractivity contribution is -0.123. The number of aliphatic hydroxyl groups excluding tert-OH is 1. The number of ether oxygens (including phenoxy) is 1. The summed E-state index contributed by atoms with van der Waals surface area (Å²) in [6.45, 7) is 8.51. The van der Waals surface area contributed by atoms with Crippen LogP contribution in [0.3, 0.4) is 0 Å². The van der Waals surface area contributed by atoms with Crippen molar-refractivity contribution >= 4 is 5.91 Å². The topological polar surface area (TPSA) is 58.6 Å². The lowest BCUT2D eigenvalue weighted by Crippen LogP contribution is -2.31. The maximum atomic E-state index is 11.5. The van der Waals surface area contributed by atoms with E-state index in [9.17, 15) is 4.79 Å². The highest BCUT2D eigenvalue weighted by Gasteiger charge is 2.07. The Hall–Kier alpha value is -1.55. The highest BCUT2D eigenvalue weighted by molar-refractivity contribution is 5.77. The van der Waals surface area contributed by atoms with Gasteiger partial charge in [0.15, 0.2) is 6.61 Å². The third-order valence-corrected chi connectivity index (χ3v) is 3.12. The second kappa shape index (κ2) is 7.90. The molecular weight excluding hydrogens is 254 g/mol. The van der Waals surface area contributed by atoms with Gasteiger partial charge in [-0.2, -0.15) is 0 Å². The summed E-state index contributed by atoms with van der Waals surface area (Å²) in [5.41, 5.74) is 2.46. The molecule has 1 unspecified atom stereocenters. The number of hydrogen-bond donors (Lipinski definition) is 2. The molecule has 112 valence electrons. The van der Waals surface area contributed by atoms with Gasteiger partial charge in [-0.15, -0.1) is 0 Å². The Bertz CT molecular complexity index is 441. The average molecular weight is 279 g/mol. The fourth-order valence-corrected chi connectivity index (χ4v) is 2.01. The molecule has 1 rings (SSSR count). The first-order chi connectivity index (χ1) is 9.40. The summed E-state index contributed by atoms with van der Waals surface area (Å²) in [4.78, 5) is 11.5. The van der Waals surface area contributed by atoms with E-state index >= 15 is 0 Å². The van der Waals surface area contributed by atoms with Crippen molar-refractivity contribution < 1.29 is 14.6 Å². The number of carbonyl (C=O) groups is 1. The van der Waals surface area contributed by atoms with Gasteiger partial charge < -0.3 is 15.2 Å². The molecule has 0 aliphatic carbocycles. The average Bonchev–Trinajstić information content (AvgIpc) is 2.35. The Morgan fingerprint density at radius 1 is 1.35 bits per heavy atom. The van der Waals surface area contributed by atoms with Crippen molar-refractivity contribution in [2.75, 3.05) is 13.2 Å². The number of amides is 1. The Morgan fingerprint density at radius 3 is 2.60 bits per heavy atom. The predicted octanol–water partition coefficient (Wildman–Crippen LogP) is 2.38. The lowest BCUT2D eigenvalue weighted by Gasteiger charge is -2.12. The van der Waals surface area contributed by atoms with Crippen LogP contribution in [0.2, 0.25) is 0 Å². The van der Waals surface area contributed by atoms with Gasteiger partial charge in [0.05, 0.1) is 6.10 Å². The lowest BCUT2D eigenvalue weighted by atomic mass is 9.98. The number of aryl methyl sites for hydroxylation is 1. The van der Waals surface area contributed by atoms with Gasteiger partial charge in [0, 0.05) is 6.54 Å². The maximum Gasteiger partial charge on any atom is 0.257 e. The third-order valence-electron chi connectivity index (χ3n) is 3.12. The zero-order valence-electron chi connectivity index (χ0n) is 12.8. The summed E-state index contributed by atoms with van der Waals surface area (Å²) in [7, 11) is 0. The number of benzene rings is 1. The van der Waals surface area contributed by atoms with Crippen LogP contribution in [0.5, 0.6) is 5.75 Å². The first-order valence-corrected chi connectivity index (χ1v) is 7.08. The summed E-state index contributed by atoms with van der Waals surface area (Å²) in [6, 6.07) is 5.89. The Balaban J connectivity index is 2.42. The summed E-state index contributed by atoms with van der Waals surface area (Å²) in [5, 5.41) is 11.8. The Kier molecular flexibility index (Phi) is 6.52. The van der Waals surface area contributed by atoms with Gasteiger partial charge in [-0.1, -0.05) is 19.9 Å². The number of carbonyl (C=O) groups excluding carboxylic acids is 1. The van der Waals surface area contributed by atoms with Crippen LogP contribution in [0.1, 0.15) is 44.2 Å². The van der Waals surface area contributed by atoms with Crippen LogP contribution in [0.4, 0.5) is 0 Å². The maximum absolute atomic E-state index is 11.5. The number of hydrogen-bond acceptors (Lipinski definition) is 3. The summed E-state index contributed by atoms with van der Waals surface area (Å²) in [5.74, 6) is 1.02. The summed E-state index contributed by atoms with van der Waals surface area (Å²) in [6.07, 6.45) is 0.149. The SMILES string of the molecule is Cc1cc(OCC(=O)NCCC(C)O)ccc1C(C)C. The van der Waals surface area contributed by atoms with Crippen molar-refractivity contribution in [3.63, 3.8) is 0 Å². The smallest absolute Gasteiger partial charge is 0.257 e. The van der Waals surface area contributed by atoms with E-state index in [0.29, 0.717) is 24.6 Å². The van der Waals surface area contributed by atoms with E-state index in [4.69, 9.17) is 9.84 Å². The van der Waals surface area contributed by atoms with E-state index in [1.165, 1.54) is 11.1 Å². The highest BCUT2D eigenvalue weighted by Crippen LogP contribution is 2.23. The molecule has 4 nitrogen and oxygen atoms in total. The molecule has 0 heterocycles. The fraction of sp³-hybridized carbons (Fsp3) is 0.562. The van der Waals surface area contributed by atoms with E-state index in [2.05, 4.69) is 19.2 Å². The molecular formula is C16H25NO3. The van der Waals surface area contributed by atoms with Crippen molar-refractivity contribution in [3.05, 3.63) is 29.3 Å². The minimum atomic E-state index is -0.401. The molecule has 1 aromatic rings. The van der Waals surface area contributed by atoms with E-state index in [-0.39, 0.29) is 12.5 Å². The van der Waals surface area contributed by atoms with Crippen molar-refractivity contribution in [2.45, 2.75) is 46.1 Å². The van der Waals surface area contributed by atoms with Gasteiger partial charge in [-0.25, -0.2) is 0 Å². The fourth-order valence-electron chi connectivity index (χ4n) is 2.01.